The second kappa shape index (κ2) is 8.88. The van der Waals surface area contributed by atoms with Crippen molar-refractivity contribution in [2.75, 3.05) is 11.9 Å². The van der Waals surface area contributed by atoms with E-state index in [1.807, 2.05) is 56.5 Å². The van der Waals surface area contributed by atoms with Crippen LogP contribution in [0, 0.1) is 0 Å². The highest BCUT2D eigenvalue weighted by Gasteiger charge is 2.08. The van der Waals surface area contributed by atoms with E-state index >= 15 is 0 Å². The minimum atomic E-state index is -0.151. The molecule has 0 spiro atoms. The summed E-state index contributed by atoms with van der Waals surface area (Å²) in [5.41, 5.74) is 3.65. The molecule has 0 saturated heterocycles. The molecular formula is C21H23N5O2. The van der Waals surface area contributed by atoms with Crippen molar-refractivity contribution in [2.24, 2.45) is 4.99 Å². The van der Waals surface area contributed by atoms with Crippen molar-refractivity contribution in [1.82, 2.24) is 15.2 Å². The van der Waals surface area contributed by atoms with Crippen LogP contribution in [0.3, 0.4) is 0 Å². The summed E-state index contributed by atoms with van der Waals surface area (Å²) in [5.74, 6) is 1.79. The predicted octanol–water partition coefficient (Wildman–Crippen LogP) is 4.58. The van der Waals surface area contributed by atoms with Crippen molar-refractivity contribution in [3.63, 3.8) is 0 Å². The molecule has 0 aliphatic carbocycles. The van der Waals surface area contributed by atoms with Crippen LogP contribution in [0.4, 0.5) is 11.5 Å². The van der Waals surface area contributed by atoms with E-state index in [1.54, 1.807) is 12.3 Å². The van der Waals surface area contributed by atoms with Crippen LogP contribution in [-0.4, -0.2) is 33.6 Å². The molecule has 3 rings (SSSR count). The lowest BCUT2D eigenvalue weighted by atomic mass is 10.1. The van der Waals surface area contributed by atoms with E-state index in [4.69, 9.17) is 4.74 Å². The monoisotopic (exact) mass is 377 g/mol. The molecule has 4 N–H and O–H groups in total. The minimum Gasteiger partial charge on any atom is -0.446 e. The summed E-state index contributed by atoms with van der Waals surface area (Å²) >= 11 is 0. The maximum Gasteiger partial charge on any atom is 0.195 e. The highest BCUT2D eigenvalue weighted by atomic mass is 16.5. The van der Waals surface area contributed by atoms with Gasteiger partial charge in [-0.2, -0.15) is 5.10 Å². The smallest absolute Gasteiger partial charge is 0.195 e. The number of aliphatic hydroxyl groups is 1. The van der Waals surface area contributed by atoms with Crippen molar-refractivity contribution in [2.45, 2.75) is 13.8 Å². The van der Waals surface area contributed by atoms with Crippen molar-refractivity contribution < 1.29 is 9.84 Å². The lowest BCUT2D eigenvalue weighted by molar-refractivity contribution is 0.297. The van der Waals surface area contributed by atoms with Crippen LogP contribution in [-0.2, 0) is 4.74 Å². The zero-order valence-corrected chi connectivity index (χ0v) is 15.9. The Morgan fingerprint density at radius 1 is 1.43 bits per heavy atom. The number of ether oxygens (including phenoxy) is 1. The van der Waals surface area contributed by atoms with Crippen LogP contribution < -0.4 is 5.32 Å². The lowest BCUT2D eigenvalue weighted by Crippen LogP contribution is -2.04. The Bertz CT molecular complexity index is 1060. The molecule has 2 heterocycles. The lowest BCUT2D eigenvalue weighted by Gasteiger charge is -2.13. The molecule has 0 fully saturated rings. The molecule has 0 aliphatic rings. The molecule has 0 aliphatic heterocycles. The Hall–Kier alpha value is -3.58. The number of nitrogens with one attached hydrogen (secondary N) is 3. The Balaban J connectivity index is 1.80. The van der Waals surface area contributed by atoms with Gasteiger partial charge in [-0.25, -0.2) is 4.99 Å². The number of rotatable bonds is 8. The van der Waals surface area contributed by atoms with E-state index < -0.39 is 0 Å². The first-order chi connectivity index (χ1) is 13.6. The maximum atomic E-state index is 9.34. The van der Waals surface area contributed by atoms with Crippen LogP contribution in [0.15, 0.2) is 59.4 Å². The molecule has 7 nitrogen and oxygen atoms in total. The first-order valence-electron chi connectivity index (χ1n) is 8.82. The fourth-order valence-corrected chi connectivity index (χ4v) is 2.82. The van der Waals surface area contributed by atoms with Crippen molar-refractivity contribution >= 4 is 41.3 Å². The molecule has 0 radical (unpaired) electrons. The molecule has 0 unspecified atom stereocenters. The van der Waals surface area contributed by atoms with Crippen LogP contribution >= 0.6 is 0 Å². The van der Waals surface area contributed by atoms with Gasteiger partial charge in [-0.1, -0.05) is 12.2 Å². The number of aliphatic imine (C=N–C) groups is 1. The van der Waals surface area contributed by atoms with Gasteiger partial charge in [-0.15, -0.1) is 0 Å². The molecule has 0 bridgehead atoms. The van der Waals surface area contributed by atoms with Crippen LogP contribution in [0.1, 0.15) is 25.0 Å². The van der Waals surface area contributed by atoms with Gasteiger partial charge >= 0.3 is 0 Å². The number of fused-ring (bicyclic) bond motifs is 1. The minimum absolute atomic E-state index is 0.151. The number of H-pyrrole nitrogens is 2. The zero-order chi connectivity index (χ0) is 19.9. The van der Waals surface area contributed by atoms with Gasteiger partial charge in [-0.05, 0) is 44.8 Å². The largest absolute Gasteiger partial charge is 0.446 e. The SMILES string of the molecule is C=Nc1[nH]cc(/C=C(/C)O/C(=C\CO)Nc2ccc3[nH]ncc3c2)c1/C=C\C. The fraction of sp³-hybridized carbons (Fsp3) is 0.143. The van der Waals surface area contributed by atoms with Crippen molar-refractivity contribution in [1.29, 1.82) is 0 Å². The number of hydrogen-bond acceptors (Lipinski definition) is 5. The standard InChI is InChI=1S/C21H23N5O2/c1-4-5-18-15(12-23-21(18)22-3)10-14(2)28-20(8-9-27)25-17-6-7-19-16(11-17)13-24-26-19/h4-8,10-13,23,25,27H,3,9H2,1-2H3,(H,24,26)/b5-4-,14-10-,20-8-. The van der Waals surface area contributed by atoms with E-state index in [1.165, 1.54) is 0 Å². The summed E-state index contributed by atoms with van der Waals surface area (Å²) in [6, 6.07) is 5.79. The number of aromatic nitrogens is 3. The molecule has 144 valence electrons. The molecule has 28 heavy (non-hydrogen) atoms. The molecule has 1 aromatic carbocycles. The van der Waals surface area contributed by atoms with Crippen LogP contribution in [0.2, 0.25) is 0 Å². The van der Waals surface area contributed by atoms with Gasteiger partial charge in [0.15, 0.2) is 5.88 Å². The van der Waals surface area contributed by atoms with Gasteiger partial charge in [0.25, 0.3) is 0 Å². The summed E-state index contributed by atoms with van der Waals surface area (Å²) in [5, 5.41) is 20.4. The Kier molecular flexibility index (Phi) is 6.08. The van der Waals surface area contributed by atoms with E-state index in [0.29, 0.717) is 17.5 Å². The first kappa shape index (κ1) is 19.2. The number of allylic oxidation sites excluding steroid dienone is 2. The van der Waals surface area contributed by atoms with E-state index in [9.17, 15) is 5.11 Å². The van der Waals surface area contributed by atoms with Gasteiger partial charge in [0.2, 0.25) is 0 Å². The number of hydrogen-bond donors (Lipinski definition) is 4. The van der Waals surface area contributed by atoms with Crippen LogP contribution in [0.25, 0.3) is 23.1 Å². The van der Waals surface area contributed by atoms with Gasteiger partial charge in [-0.3, -0.25) is 5.10 Å². The average Bonchev–Trinajstić information content (AvgIpc) is 3.29. The summed E-state index contributed by atoms with van der Waals surface area (Å²) in [6.07, 6.45) is 11.0. The highest BCUT2D eigenvalue weighted by Crippen LogP contribution is 2.26. The molecule has 0 atom stereocenters. The molecule has 0 amide bonds. The molecule has 7 heteroatoms. The maximum absolute atomic E-state index is 9.34. The fourth-order valence-electron chi connectivity index (χ4n) is 2.82. The van der Waals surface area contributed by atoms with E-state index in [-0.39, 0.29) is 6.61 Å². The molecule has 0 saturated carbocycles. The average molecular weight is 377 g/mol. The third kappa shape index (κ3) is 4.39. The topological polar surface area (TPSA) is 98.3 Å². The van der Waals surface area contributed by atoms with Gasteiger partial charge < -0.3 is 20.1 Å². The second-order valence-electron chi connectivity index (χ2n) is 6.07. The Labute approximate surface area is 163 Å². The number of nitrogens with zero attached hydrogens (tertiary/aromatic N) is 2. The van der Waals surface area contributed by atoms with Gasteiger partial charge in [0.1, 0.15) is 11.6 Å². The number of aliphatic hydroxyl groups excluding tert-OH is 1. The molecule has 2 aromatic heterocycles. The van der Waals surface area contributed by atoms with Crippen LogP contribution in [0.5, 0.6) is 0 Å². The second-order valence-corrected chi connectivity index (χ2v) is 6.07. The Morgan fingerprint density at radius 2 is 2.29 bits per heavy atom. The predicted molar refractivity (Wildman–Crippen MR) is 114 cm³/mol. The van der Waals surface area contributed by atoms with E-state index in [2.05, 4.69) is 32.2 Å². The van der Waals surface area contributed by atoms with Gasteiger partial charge in [0.05, 0.1) is 18.3 Å². The summed E-state index contributed by atoms with van der Waals surface area (Å²) in [4.78, 5) is 7.08. The summed E-state index contributed by atoms with van der Waals surface area (Å²) in [6.45, 7) is 7.22. The normalized spacial score (nSPS) is 12.7. The number of anilines is 1. The quantitative estimate of drug-likeness (QED) is 0.341. The van der Waals surface area contributed by atoms with E-state index in [0.717, 1.165) is 27.7 Å². The summed E-state index contributed by atoms with van der Waals surface area (Å²) in [7, 11) is 0. The first-order valence-corrected chi connectivity index (χ1v) is 8.82. The molecular weight excluding hydrogens is 354 g/mol. The van der Waals surface area contributed by atoms with Gasteiger partial charge in [0, 0.05) is 34.5 Å². The zero-order valence-electron chi connectivity index (χ0n) is 15.9. The summed E-state index contributed by atoms with van der Waals surface area (Å²) < 4.78 is 5.91. The van der Waals surface area contributed by atoms with Crippen molar-refractivity contribution in [3.8, 4) is 0 Å². The third-order valence-electron chi connectivity index (χ3n) is 4.04. The number of benzene rings is 1. The highest BCUT2D eigenvalue weighted by molar-refractivity contribution is 5.82. The third-order valence-corrected chi connectivity index (χ3v) is 4.04. The molecule has 3 aromatic rings. The van der Waals surface area contributed by atoms with Crippen molar-refractivity contribution in [3.05, 3.63) is 65.5 Å². The Morgan fingerprint density at radius 3 is 3.04 bits per heavy atom. The number of aromatic amines is 2.